The molecule has 15 nitrogen and oxygen atoms in total. The van der Waals surface area contributed by atoms with Gasteiger partial charge in [0.05, 0.1) is 17.3 Å². The summed E-state index contributed by atoms with van der Waals surface area (Å²) in [4.78, 5) is 30.9. The smallest absolute Gasteiger partial charge is 0.433 e. The van der Waals surface area contributed by atoms with E-state index >= 15 is 0 Å². The molecule has 0 saturated heterocycles. The van der Waals surface area contributed by atoms with E-state index in [0.29, 0.717) is 68.7 Å². The normalized spacial score (nSPS) is 22.5. The minimum absolute atomic E-state index is 0.00880. The first kappa shape index (κ1) is 48.8. The number of aryl methyl sites for hydroxylation is 1. The van der Waals surface area contributed by atoms with E-state index in [2.05, 4.69) is 61.1 Å². The van der Waals surface area contributed by atoms with Crippen molar-refractivity contribution < 1.29 is 54.5 Å². The largest absolute Gasteiger partial charge is 0.439 e. The Hall–Kier alpha value is -6.17. The number of alkyl halides is 9. The molecule has 5 aromatic rings. The molecule has 0 radical (unpaired) electrons. The highest BCUT2D eigenvalue weighted by atomic mass is 19.4. The first-order valence-electron chi connectivity index (χ1n) is 21.3. The minimum Gasteiger partial charge on any atom is -0.439 e. The van der Waals surface area contributed by atoms with Gasteiger partial charge in [-0.1, -0.05) is 19.1 Å². The van der Waals surface area contributed by atoms with E-state index in [1.807, 2.05) is 19.1 Å². The third-order valence-electron chi connectivity index (χ3n) is 12.0. The molecule has 2 saturated carbocycles. The number of nitrogens with one attached hydrogen (secondary N) is 4. The summed E-state index contributed by atoms with van der Waals surface area (Å²) in [5, 5.41) is 32.6. The van der Waals surface area contributed by atoms with Gasteiger partial charge in [0, 0.05) is 55.5 Å². The maximum Gasteiger partial charge on any atom is 0.433 e. The number of benzene rings is 1. The van der Waals surface area contributed by atoms with Crippen molar-refractivity contribution in [3.05, 3.63) is 95.2 Å². The molecule has 2 fully saturated rings. The number of ether oxygens (including phenoxy) is 1. The van der Waals surface area contributed by atoms with Gasteiger partial charge in [0.25, 0.3) is 0 Å². The van der Waals surface area contributed by atoms with E-state index in [4.69, 9.17) is 4.74 Å². The number of nitrogens with zero attached hydrogens (tertiary/aromatic N) is 8. The van der Waals surface area contributed by atoms with Gasteiger partial charge in [-0.05, 0) is 87.8 Å². The second kappa shape index (κ2) is 19.6. The first-order valence-corrected chi connectivity index (χ1v) is 21.3. The minimum atomic E-state index is -4.86. The van der Waals surface area contributed by atoms with Gasteiger partial charge in [0.1, 0.15) is 41.2 Å². The molecule has 1 aromatic carbocycles. The summed E-state index contributed by atoms with van der Waals surface area (Å²) in [6.45, 7) is 3.02. The fourth-order valence-electron chi connectivity index (χ4n) is 8.16. The Morgan fingerprint density at radius 2 is 1.22 bits per heavy atom. The molecular formula is C43H47F9N12O3. The zero-order valence-corrected chi connectivity index (χ0v) is 36.1. The lowest BCUT2D eigenvalue weighted by molar-refractivity contribution is -0.142. The van der Waals surface area contributed by atoms with Crippen LogP contribution >= 0.6 is 0 Å². The molecule has 4 heterocycles. The molecule has 360 valence electrons. The summed E-state index contributed by atoms with van der Waals surface area (Å²) >= 11 is 0. The Labute approximate surface area is 377 Å². The summed E-state index contributed by atoms with van der Waals surface area (Å²) < 4.78 is 130. The summed E-state index contributed by atoms with van der Waals surface area (Å²) in [5.41, 5.74) is -4.05. The van der Waals surface area contributed by atoms with Crippen molar-refractivity contribution in [1.82, 2.24) is 39.9 Å². The molecule has 2 aliphatic rings. The second-order valence-electron chi connectivity index (χ2n) is 17.3. The fraction of sp³-hybridized carbons (Fsp3) is 0.488. The van der Waals surface area contributed by atoms with Gasteiger partial charge in [-0.2, -0.15) is 49.5 Å². The van der Waals surface area contributed by atoms with Crippen molar-refractivity contribution in [3.8, 4) is 11.6 Å². The molecule has 67 heavy (non-hydrogen) atoms. The fourth-order valence-corrected chi connectivity index (χ4v) is 8.16. The topological polar surface area (TPSA) is 201 Å². The molecular weight excluding hydrogens is 904 g/mol. The summed E-state index contributed by atoms with van der Waals surface area (Å²) in [5.74, 6) is -0.811. The third kappa shape index (κ3) is 12.6. The van der Waals surface area contributed by atoms with Crippen molar-refractivity contribution in [1.29, 1.82) is 0 Å². The number of aliphatic hydroxyl groups excluding tert-OH is 1. The van der Waals surface area contributed by atoms with E-state index in [1.54, 1.807) is 19.1 Å². The zero-order valence-electron chi connectivity index (χ0n) is 36.1. The monoisotopic (exact) mass is 950 g/mol. The highest BCUT2D eigenvalue weighted by molar-refractivity contribution is 5.51. The predicted octanol–water partition coefficient (Wildman–Crippen LogP) is 8.99. The van der Waals surface area contributed by atoms with Crippen LogP contribution in [0.5, 0.6) is 11.6 Å². The molecule has 2 aliphatic carbocycles. The van der Waals surface area contributed by atoms with Gasteiger partial charge < -0.3 is 36.2 Å². The van der Waals surface area contributed by atoms with Crippen molar-refractivity contribution in [2.45, 2.75) is 127 Å². The van der Waals surface area contributed by atoms with Crippen LogP contribution in [0.25, 0.3) is 0 Å². The van der Waals surface area contributed by atoms with E-state index < -0.39 is 70.9 Å². The standard InChI is InChI=1S/C43H47F9N12O3/c1-39(15-28(5-8-32(39)65)62-35-31(42(47,48)49)21-57-37(64-35)55-18-25-16-53-22-59-33(25)43(50,51)52)12-9-24-3-6-29(7-4-24)67-36-26(17-54-23-60-36)19-56-38-58-20-30(41(44,45)46)34(63-38)61-27-10-13-40(2,66)14-11-27/h3-4,6-7,16-17,20-23,27-28,32,65-66H,5,8-15,18-19H2,1-2H3,(H2,55,57,62,64)(H2,56,58,61,63)/t27-,28-,32+,39?,40+/m1/s1. The zero-order chi connectivity index (χ0) is 48.2. The maximum absolute atomic E-state index is 14.1. The van der Waals surface area contributed by atoms with E-state index in [1.165, 1.54) is 12.5 Å². The highest BCUT2D eigenvalue weighted by Crippen LogP contribution is 2.43. The Balaban J connectivity index is 0.961. The molecule has 6 N–H and O–H groups in total. The predicted molar refractivity (Wildman–Crippen MR) is 225 cm³/mol. The van der Waals surface area contributed by atoms with Gasteiger partial charge >= 0.3 is 18.5 Å². The van der Waals surface area contributed by atoms with Crippen LogP contribution < -0.4 is 26.0 Å². The molecule has 0 bridgehead atoms. The number of halogens is 9. The Kier molecular flexibility index (Phi) is 14.3. The quantitative estimate of drug-likeness (QED) is 0.0543. The number of aliphatic hydroxyl groups is 2. The molecule has 24 heteroatoms. The van der Waals surface area contributed by atoms with Crippen molar-refractivity contribution in [2.24, 2.45) is 5.41 Å². The Morgan fingerprint density at radius 1 is 0.672 bits per heavy atom. The molecule has 7 rings (SSSR count). The number of rotatable bonds is 15. The summed E-state index contributed by atoms with van der Waals surface area (Å²) in [7, 11) is 0. The van der Waals surface area contributed by atoms with Crippen LogP contribution in [-0.2, 0) is 38.0 Å². The number of anilines is 4. The van der Waals surface area contributed by atoms with Gasteiger partial charge in [0.15, 0.2) is 5.69 Å². The van der Waals surface area contributed by atoms with Gasteiger partial charge in [0.2, 0.25) is 17.8 Å². The van der Waals surface area contributed by atoms with Crippen molar-refractivity contribution >= 4 is 23.5 Å². The van der Waals surface area contributed by atoms with E-state index in [0.717, 1.165) is 18.1 Å². The molecule has 0 aliphatic heterocycles. The Morgan fingerprint density at radius 3 is 1.81 bits per heavy atom. The summed E-state index contributed by atoms with van der Waals surface area (Å²) in [6, 6.07) is 6.15. The van der Waals surface area contributed by atoms with Gasteiger partial charge in [-0.3, -0.25) is 0 Å². The second-order valence-corrected chi connectivity index (χ2v) is 17.3. The SMILES string of the molecule is CC1(CCc2ccc(Oc3ncncc3CNc3ncc(C(F)(F)F)c(N[C@H]4CC[C@@](C)(O)CC4)n3)cc2)C[C@H](Nc2nc(NCc3cncnc3C(F)(F)F)ncc2C(F)(F)F)CC[C@@H]1O. The maximum atomic E-state index is 14.1. The first-order chi connectivity index (χ1) is 31.5. The molecule has 1 unspecified atom stereocenters. The van der Waals surface area contributed by atoms with Crippen molar-refractivity contribution in [2.75, 3.05) is 21.3 Å². The van der Waals surface area contributed by atoms with Gasteiger partial charge in [-0.25, -0.2) is 29.9 Å². The molecule has 0 amide bonds. The van der Waals surface area contributed by atoms with E-state index in [-0.39, 0.29) is 54.6 Å². The number of aromatic nitrogens is 8. The van der Waals surface area contributed by atoms with E-state index in [9.17, 15) is 49.7 Å². The van der Waals surface area contributed by atoms with Crippen LogP contribution in [0.1, 0.15) is 98.7 Å². The third-order valence-corrected chi connectivity index (χ3v) is 12.0. The molecule has 3 atom stereocenters. The lowest BCUT2D eigenvalue weighted by atomic mass is 9.68. The average Bonchev–Trinajstić information content (AvgIpc) is 3.26. The van der Waals surface area contributed by atoms with Crippen LogP contribution in [0.2, 0.25) is 0 Å². The number of hydrogen-bond acceptors (Lipinski definition) is 15. The Bertz CT molecular complexity index is 2470. The summed E-state index contributed by atoms with van der Waals surface area (Å²) in [6.07, 6.45) is -5.90. The molecule has 4 aromatic heterocycles. The lowest BCUT2D eigenvalue weighted by Crippen LogP contribution is -2.44. The molecule has 0 spiro atoms. The average molecular weight is 951 g/mol. The van der Waals surface area contributed by atoms with Crippen LogP contribution in [0.4, 0.5) is 63.0 Å². The van der Waals surface area contributed by atoms with Crippen molar-refractivity contribution in [3.63, 3.8) is 0 Å². The van der Waals surface area contributed by atoms with Crippen LogP contribution in [-0.4, -0.2) is 73.9 Å². The van der Waals surface area contributed by atoms with Crippen LogP contribution in [0.15, 0.2) is 61.7 Å². The van der Waals surface area contributed by atoms with Crippen LogP contribution in [0, 0.1) is 5.41 Å². The number of hydrogen-bond donors (Lipinski definition) is 6. The van der Waals surface area contributed by atoms with Crippen LogP contribution in [0.3, 0.4) is 0 Å². The van der Waals surface area contributed by atoms with Gasteiger partial charge in [-0.15, -0.1) is 0 Å². The highest BCUT2D eigenvalue weighted by Gasteiger charge is 2.42. The lowest BCUT2D eigenvalue weighted by Gasteiger charge is -2.43.